The Hall–Kier alpha value is -2.82. The van der Waals surface area contributed by atoms with E-state index < -0.39 is 0 Å². The molecule has 0 bridgehead atoms. The summed E-state index contributed by atoms with van der Waals surface area (Å²) in [5, 5.41) is 0. The van der Waals surface area contributed by atoms with Crippen LogP contribution >= 0.6 is 0 Å². The fraction of sp³-hybridized carbons (Fsp3) is 0.364. The Balaban J connectivity index is 1.43. The highest BCUT2D eigenvalue weighted by Gasteiger charge is 2.45. The zero-order valence-corrected chi connectivity index (χ0v) is 15.6. The maximum atomic E-state index is 12.9. The molecule has 4 rings (SSSR count). The summed E-state index contributed by atoms with van der Waals surface area (Å²) in [6.45, 7) is 1.36. The van der Waals surface area contributed by atoms with Gasteiger partial charge in [-0.3, -0.25) is 9.59 Å². The Morgan fingerprint density at radius 1 is 0.963 bits per heavy atom. The lowest BCUT2D eigenvalue weighted by molar-refractivity contribution is -0.130. The first-order chi connectivity index (χ1) is 13.1. The Morgan fingerprint density at radius 2 is 1.67 bits per heavy atom. The zero-order valence-electron chi connectivity index (χ0n) is 15.6. The molecule has 0 atom stereocenters. The van der Waals surface area contributed by atoms with Gasteiger partial charge in [0.05, 0.1) is 0 Å². The van der Waals surface area contributed by atoms with Gasteiger partial charge >= 0.3 is 0 Å². The van der Waals surface area contributed by atoms with E-state index in [4.69, 9.17) is 4.74 Å². The molecule has 0 unspecified atom stereocenters. The van der Waals surface area contributed by atoms with Crippen molar-refractivity contribution in [3.63, 3.8) is 0 Å². The van der Waals surface area contributed by atoms with Gasteiger partial charge in [0.15, 0.2) is 0 Å². The molecule has 2 aromatic rings. The molecule has 2 saturated heterocycles. The molecule has 2 fully saturated rings. The fourth-order valence-electron chi connectivity index (χ4n) is 4.15. The van der Waals surface area contributed by atoms with E-state index in [1.54, 1.807) is 6.07 Å². The molecule has 2 heterocycles. The van der Waals surface area contributed by atoms with Crippen LogP contribution in [0.2, 0.25) is 0 Å². The second-order valence-electron chi connectivity index (χ2n) is 7.41. The van der Waals surface area contributed by atoms with Crippen LogP contribution in [-0.2, 0) is 4.79 Å². The molecule has 2 aliphatic rings. The van der Waals surface area contributed by atoms with E-state index in [2.05, 4.69) is 0 Å². The van der Waals surface area contributed by atoms with Crippen molar-refractivity contribution in [3.8, 4) is 11.5 Å². The predicted octanol–water partition coefficient (Wildman–Crippen LogP) is 3.71. The third kappa shape index (κ3) is 3.42. The highest BCUT2D eigenvalue weighted by atomic mass is 16.5. The normalized spacial score (nSPS) is 18.8. The SMILES string of the molecule is CN1C(=O)CCC12CCN(C(=O)c1cccc(Oc3ccccc3)c1)CC2. The van der Waals surface area contributed by atoms with Crippen molar-refractivity contribution in [2.24, 2.45) is 0 Å². The van der Waals surface area contributed by atoms with Gasteiger partial charge in [0.25, 0.3) is 5.91 Å². The van der Waals surface area contributed by atoms with Gasteiger partial charge in [-0.1, -0.05) is 24.3 Å². The van der Waals surface area contributed by atoms with Crippen LogP contribution in [0.4, 0.5) is 0 Å². The number of piperidine rings is 1. The molecule has 0 radical (unpaired) electrons. The minimum atomic E-state index is -0.0495. The van der Waals surface area contributed by atoms with Crippen molar-refractivity contribution in [2.75, 3.05) is 20.1 Å². The lowest BCUT2D eigenvalue weighted by Crippen LogP contribution is -2.52. The number of ether oxygens (including phenoxy) is 1. The fourth-order valence-corrected chi connectivity index (χ4v) is 4.15. The van der Waals surface area contributed by atoms with Gasteiger partial charge in [-0.2, -0.15) is 0 Å². The van der Waals surface area contributed by atoms with Crippen molar-refractivity contribution in [2.45, 2.75) is 31.2 Å². The lowest BCUT2D eigenvalue weighted by atomic mass is 9.85. The van der Waals surface area contributed by atoms with Crippen LogP contribution in [0, 0.1) is 0 Å². The first-order valence-electron chi connectivity index (χ1n) is 9.46. The number of carbonyl (C=O) groups is 2. The first-order valence-corrected chi connectivity index (χ1v) is 9.46. The van der Waals surface area contributed by atoms with Crippen LogP contribution in [0.1, 0.15) is 36.0 Å². The largest absolute Gasteiger partial charge is 0.457 e. The molecule has 2 amide bonds. The van der Waals surface area contributed by atoms with Crippen molar-refractivity contribution in [1.82, 2.24) is 9.80 Å². The van der Waals surface area contributed by atoms with Gasteiger partial charge in [0.2, 0.25) is 5.91 Å². The number of amides is 2. The quantitative estimate of drug-likeness (QED) is 0.834. The summed E-state index contributed by atoms with van der Waals surface area (Å²) in [4.78, 5) is 28.6. The molecule has 1 spiro atoms. The Kier molecular flexibility index (Phi) is 4.60. The number of para-hydroxylation sites is 1. The Labute approximate surface area is 159 Å². The van der Waals surface area contributed by atoms with E-state index in [1.807, 2.05) is 65.4 Å². The highest BCUT2D eigenvalue weighted by Crippen LogP contribution is 2.38. The summed E-state index contributed by atoms with van der Waals surface area (Å²) >= 11 is 0. The maximum absolute atomic E-state index is 12.9. The van der Waals surface area contributed by atoms with E-state index in [-0.39, 0.29) is 17.4 Å². The van der Waals surface area contributed by atoms with Gasteiger partial charge < -0.3 is 14.5 Å². The number of benzene rings is 2. The number of carbonyl (C=O) groups excluding carboxylic acids is 2. The molecule has 0 aromatic heterocycles. The molecule has 5 heteroatoms. The van der Waals surface area contributed by atoms with Crippen LogP contribution < -0.4 is 4.74 Å². The molecule has 140 valence electrons. The minimum Gasteiger partial charge on any atom is -0.457 e. The summed E-state index contributed by atoms with van der Waals surface area (Å²) in [6, 6.07) is 16.9. The molecule has 0 saturated carbocycles. The first kappa shape index (κ1) is 17.6. The van der Waals surface area contributed by atoms with E-state index in [1.165, 1.54) is 0 Å². The van der Waals surface area contributed by atoms with Gasteiger partial charge in [-0.25, -0.2) is 0 Å². The molecular formula is C22H24N2O3. The summed E-state index contributed by atoms with van der Waals surface area (Å²) < 4.78 is 5.84. The molecule has 2 aromatic carbocycles. The highest BCUT2D eigenvalue weighted by molar-refractivity contribution is 5.94. The van der Waals surface area contributed by atoms with E-state index in [9.17, 15) is 9.59 Å². The smallest absolute Gasteiger partial charge is 0.253 e. The molecule has 0 aliphatic carbocycles. The summed E-state index contributed by atoms with van der Waals surface area (Å²) in [5.74, 6) is 1.65. The maximum Gasteiger partial charge on any atom is 0.253 e. The zero-order chi connectivity index (χ0) is 18.9. The second-order valence-corrected chi connectivity index (χ2v) is 7.41. The lowest BCUT2D eigenvalue weighted by Gasteiger charge is -2.43. The van der Waals surface area contributed by atoms with Crippen molar-refractivity contribution in [3.05, 3.63) is 60.2 Å². The molecule has 5 nitrogen and oxygen atoms in total. The Bertz CT molecular complexity index is 842. The van der Waals surface area contributed by atoms with Gasteiger partial charge in [-0.15, -0.1) is 0 Å². The summed E-state index contributed by atoms with van der Waals surface area (Å²) in [6.07, 6.45) is 3.23. The third-order valence-electron chi connectivity index (χ3n) is 5.93. The number of rotatable bonds is 3. The molecule has 0 N–H and O–H groups in total. The van der Waals surface area contributed by atoms with Crippen molar-refractivity contribution >= 4 is 11.8 Å². The average Bonchev–Trinajstić information content (AvgIpc) is 2.98. The number of hydrogen-bond acceptors (Lipinski definition) is 3. The summed E-state index contributed by atoms with van der Waals surface area (Å²) in [7, 11) is 1.90. The van der Waals surface area contributed by atoms with Crippen LogP contribution in [0.15, 0.2) is 54.6 Å². The number of hydrogen-bond donors (Lipinski definition) is 0. The van der Waals surface area contributed by atoms with Gasteiger partial charge in [0, 0.05) is 37.7 Å². The predicted molar refractivity (Wildman–Crippen MR) is 103 cm³/mol. The van der Waals surface area contributed by atoms with Gasteiger partial charge in [-0.05, 0) is 49.6 Å². The minimum absolute atomic E-state index is 0.0235. The average molecular weight is 364 g/mol. The summed E-state index contributed by atoms with van der Waals surface area (Å²) in [5.41, 5.74) is 0.585. The van der Waals surface area contributed by atoms with Crippen LogP contribution in [0.25, 0.3) is 0 Å². The van der Waals surface area contributed by atoms with Crippen LogP contribution in [-0.4, -0.2) is 47.3 Å². The number of nitrogens with zero attached hydrogens (tertiary/aromatic N) is 2. The van der Waals surface area contributed by atoms with Gasteiger partial charge in [0.1, 0.15) is 11.5 Å². The van der Waals surface area contributed by atoms with Crippen molar-refractivity contribution in [1.29, 1.82) is 0 Å². The number of likely N-dealkylation sites (tertiary alicyclic amines) is 2. The topological polar surface area (TPSA) is 49.9 Å². The van der Waals surface area contributed by atoms with E-state index in [0.29, 0.717) is 30.8 Å². The molecule has 27 heavy (non-hydrogen) atoms. The molecular weight excluding hydrogens is 340 g/mol. The van der Waals surface area contributed by atoms with E-state index in [0.717, 1.165) is 25.0 Å². The van der Waals surface area contributed by atoms with Crippen LogP contribution in [0.5, 0.6) is 11.5 Å². The van der Waals surface area contributed by atoms with Crippen LogP contribution in [0.3, 0.4) is 0 Å². The third-order valence-corrected chi connectivity index (χ3v) is 5.93. The Morgan fingerprint density at radius 3 is 2.33 bits per heavy atom. The molecule has 2 aliphatic heterocycles. The monoisotopic (exact) mass is 364 g/mol. The van der Waals surface area contributed by atoms with Crippen molar-refractivity contribution < 1.29 is 14.3 Å². The standard InChI is InChI=1S/C22H24N2O3/c1-23-20(25)10-11-22(23)12-14-24(15-13-22)21(26)17-6-5-9-19(16-17)27-18-7-3-2-4-8-18/h2-9,16H,10-15H2,1H3. The second kappa shape index (κ2) is 7.06. The van der Waals surface area contributed by atoms with E-state index >= 15 is 0 Å².